The van der Waals surface area contributed by atoms with Gasteiger partial charge >= 0.3 is 0 Å². The first-order chi connectivity index (χ1) is 6.88. The van der Waals surface area contributed by atoms with E-state index in [9.17, 15) is 0 Å². The zero-order valence-electron chi connectivity index (χ0n) is 9.08. The fraction of sp³-hybridized carbons (Fsp3) is 0.846. The maximum absolute atomic E-state index is 6.10. The van der Waals surface area contributed by atoms with Crippen LogP contribution in [0.4, 0.5) is 0 Å². The predicted molar refractivity (Wildman–Crippen MR) is 58.7 cm³/mol. The van der Waals surface area contributed by atoms with Gasteiger partial charge in [0, 0.05) is 0 Å². The predicted octanol–water partition coefficient (Wildman–Crippen LogP) is 3.54. The van der Waals surface area contributed by atoms with Crippen LogP contribution in [-0.4, -0.2) is 12.2 Å². The molecule has 0 N–H and O–H groups in total. The lowest BCUT2D eigenvalue weighted by Gasteiger charge is -2.25. The van der Waals surface area contributed by atoms with Crippen LogP contribution in [0.5, 0.6) is 0 Å². The van der Waals surface area contributed by atoms with E-state index in [1.54, 1.807) is 0 Å². The van der Waals surface area contributed by atoms with Gasteiger partial charge in [0.05, 0.1) is 12.2 Å². The van der Waals surface area contributed by atoms with Crippen LogP contribution < -0.4 is 0 Å². The summed E-state index contributed by atoms with van der Waals surface area (Å²) in [5.74, 6) is 0.795. The van der Waals surface area contributed by atoms with Gasteiger partial charge in [0.2, 0.25) is 0 Å². The molecule has 2 fully saturated rings. The van der Waals surface area contributed by atoms with Gasteiger partial charge in [0.25, 0.3) is 0 Å². The standard InChI is InChI=1S/C13H22O/c1-2-11-8-9-13(10-11)14-12-6-4-3-5-7-12/h9,11-13H,1-8,10H2. The fourth-order valence-corrected chi connectivity index (χ4v) is 2.66. The molecule has 0 aromatic carbocycles. The molecule has 0 amide bonds. The Bertz CT molecular complexity index is 161. The van der Waals surface area contributed by atoms with Crippen molar-refractivity contribution in [3.8, 4) is 0 Å². The van der Waals surface area contributed by atoms with E-state index in [1.807, 2.05) is 0 Å². The topological polar surface area (TPSA) is 9.23 Å². The third kappa shape index (κ3) is 2.73. The third-order valence-corrected chi connectivity index (χ3v) is 3.63. The molecule has 0 spiro atoms. The second-order valence-electron chi connectivity index (χ2n) is 4.80. The first kappa shape index (κ1) is 10.5. The first-order valence-corrected chi connectivity index (χ1v) is 6.16. The summed E-state index contributed by atoms with van der Waals surface area (Å²) in [6.07, 6.45) is 13.6. The van der Waals surface area contributed by atoms with Crippen LogP contribution >= 0.6 is 0 Å². The zero-order chi connectivity index (χ0) is 9.80. The van der Waals surface area contributed by atoms with Crippen LogP contribution in [-0.2, 0) is 4.74 Å². The van der Waals surface area contributed by atoms with Crippen molar-refractivity contribution in [1.82, 2.24) is 0 Å². The smallest absolute Gasteiger partial charge is 0.0613 e. The molecule has 2 atom stereocenters. The molecular weight excluding hydrogens is 172 g/mol. The lowest BCUT2D eigenvalue weighted by Crippen LogP contribution is -2.22. The molecule has 2 radical (unpaired) electrons. The average molecular weight is 194 g/mol. The first-order valence-electron chi connectivity index (χ1n) is 6.16. The summed E-state index contributed by atoms with van der Waals surface area (Å²) < 4.78 is 6.10. The third-order valence-electron chi connectivity index (χ3n) is 3.63. The largest absolute Gasteiger partial charge is 0.375 e. The number of hydrogen-bond donors (Lipinski definition) is 0. The molecule has 2 aliphatic rings. The Balaban J connectivity index is 1.69. The Morgan fingerprint density at radius 2 is 2.00 bits per heavy atom. The van der Waals surface area contributed by atoms with Crippen molar-refractivity contribution in [1.29, 1.82) is 0 Å². The quantitative estimate of drug-likeness (QED) is 0.667. The molecular formula is C13H22O. The summed E-state index contributed by atoms with van der Waals surface area (Å²) in [5.41, 5.74) is 0. The van der Waals surface area contributed by atoms with Gasteiger partial charge in [-0.15, -0.1) is 0 Å². The summed E-state index contributed by atoms with van der Waals surface area (Å²) >= 11 is 0. The van der Waals surface area contributed by atoms with Gasteiger partial charge in [-0.2, -0.15) is 0 Å². The Labute approximate surface area is 88.2 Å². The van der Waals surface area contributed by atoms with Crippen LogP contribution in [0, 0.1) is 19.3 Å². The monoisotopic (exact) mass is 194 g/mol. The molecule has 0 bridgehead atoms. The normalized spacial score (nSPS) is 34.9. The highest BCUT2D eigenvalue weighted by atomic mass is 16.5. The number of ether oxygens (including phenoxy) is 1. The van der Waals surface area contributed by atoms with Crippen LogP contribution in [0.2, 0.25) is 0 Å². The Morgan fingerprint density at radius 1 is 1.21 bits per heavy atom. The van der Waals surface area contributed by atoms with E-state index in [1.165, 1.54) is 44.9 Å². The fourth-order valence-electron chi connectivity index (χ4n) is 2.66. The van der Waals surface area contributed by atoms with Crippen molar-refractivity contribution >= 4 is 0 Å². The van der Waals surface area contributed by atoms with Gasteiger partial charge in [-0.25, -0.2) is 0 Å². The molecule has 0 aliphatic heterocycles. The maximum atomic E-state index is 6.10. The van der Waals surface area contributed by atoms with E-state index in [-0.39, 0.29) is 0 Å². The maximum Gasteiger partial charge on any atom is 0.0613 e. The molecule has 2 unspecified atom stereocenters. The van der Waals surface area contributed by atoms with Crippen molar-refractivity contribution < 1.29 is 4.74 Å². The second kappa shape index (κ2) is 5.16. The molecule has 80 valence electrons. The highest BCUT2D eigenvalue weighted by Gasteiger charge is 2.27. The molecule has 0 aromatic heterocycles. The molecule has 1 nitrogen and oxygen atoms in total. The van der Waals surface area contributed by atoms with E-state index in [0.29, 0.717) is 12.2 Å². The Kier molecular flexibility index (Phi) is 3.86. The molecule has 2 rings (SSSR count). The van der Waals surface area contributed by atoms with Crippen LogP contribution in [0.15, 0.2) is 0 Å². The van der Waals surface area contributed by atoms with Crippen LogP contribution in [0.1, 0.15) is 51.4 Å². The van der Waals surface area contributed by atoms with E-state index in [2.05, 4.69) is 13.3 Å². The molecule has 2 aliphatic carbocycles. The molecule has 0 aromatic rings. The average Bonchev–Trinajstić information content (AvgIpc) is 2.67. The minimum Gasteiger partial charge on any atom is -0.375 e. The van der Waals surface area contributed by atoms with Gasteiger partial charge < -0.3 is 4.74 Å². The molecule has 0 saturated heterocycles. The summed E-state index contributed by atoms with van der Waals surface area (Å²) in [5, 5.41) is 0. The lowest BCUT2D eigenvalue weighted by atomic mass is 9.97. The van der Waals surface area contributed by atoms with Gasteiger partial charge in [-0.3, -0.25) is 0 Å². The van der Waals surface area contributed by atoms with Gasteiger partial charge in [-0.1, -0.05) is 32.6 Å². The minimum atomic E-state index is 0.449. The van der Waals surface area contributed by atoms with Crippen LogP contribution in [0.3, 0.4) is 0 Å². The molecule has 1 heteroatoms. The number of rotatable bonds is 3. The zero-order valence-corrected chi connectivity index (χ0v) is 9.08. The Hall–Kier alpha value is -0.0400. The highest BCUT2D eigenvalue weighted by molar-refractivity contribution is 4.91. The molecule has 14 heavy (non-hydrogen) atoms. The summed E-state index contributed by atoms with van der Waals surface area (Å²) in [6, 6.07) is 0. The van der Waals surface area contributed by atoms with Gasteiger partial charge in [0.15, 0.2) is 0 Å². The van der Waals surface area contributed by atoms with Crippen molar-refractivity contribution in [2.24, 2.45) is 5.92 Å². The van der Waals surface area contributed by atoms with Crippen LogP contribution in [0.25, 0.3) is 0 Å². The molecule has 2 saturated carbocycles. The van der Waals surface area contributed by atoms with Gasteiger partial charge in [0.1, 0.15) is 0 Å². The van der Waals surface area contributed by atoms with Crippen molar-refractivity contribution in [2.75, 3.05) is 0 Å². The SMILES string of the molecule is [CH2]CC1C[CH]C(OC2CCCCC2)C1. The Morgan fingerprint density at radius 3 is 2.64 bits per heavy atom. The van der Waals surface area contributed by atoms with E-state index < -0.39 is 0 Å². The second-order valence-corrected chi connectivity index (χ2v) is 4.80. The minimum absolute atomic E-state index is 0.449. The lowest BCUT2D eigenvalue weighted by molar-refractivity contribution is -0.0132. The molecule has 0 heterocycles. The van der Waals surface area contributed by atoms with Crippen molar-refractivity contribution in [3.05, 3.63) is 13.3 Å². The van der Waals surface area contributed by atoms with E-state index in [0.717, 1.165) is 12.3 Å². The van der Waals surface area contributed by atoms with Crippen molar-refractivity contribution in [3.63, 3.8) is 0 Å². The highest BCUT2D eigenvalue weighted by Crippen LogP contribution is 2.32. The van der Waals surface area contributed by atoms with Crippen molar-refractivity contribution in [2.45, 2.75) is 63.6 Å². The van der Waals surface area contributed by atoms with E-state index in [4.69, 9.17) is 4.74 Å². The van der Waals surface area contributed by atoms with Gasteiger partial charge in [-0.05, 0) is 38.0 Å². The summed E-state index contributed by atoms with van der Waals surface area (Å²) in [7, 11) is 0. The van der Waals surface area contributed by atoms with E-state index >= 15 is 0 Å². The number of hydrogen-bond acceptors (Lipinski definition) is 1. The summed E-state index contributed by atoms with van der Waals surface area (Å²) in [6.45, 7) is 3.97. The summed E-state index contributed by atoms with van der Waals surface area (Å²) in [4.78, 5) is 0.